The zero-order valence-corrected chi connectivity index (χ0v) is 19.4. The lowest BCUT2D eigenvalue weighted by Crippen LogP contribution is -2.56. The summed E-state index contributed by atoms with van der Waals surface area (Å²) in [6.07, 6.45) is 7.09. The quantitative estimate of drug-likeness (QED) is 0.516. The minimum absolute atomic E-state index is 0.148. The van der Waals surface area contributed by atoms with E-state index < -0.39 is 0 Å². The highest BCUT2D eigenvalue weighted by molar-refractivity contribution is 5.96. The molecule has 1 unspecified atom stereocenters. The minimum Gasteiger partial charge on any atom is -0.329 e. The Hall–Kier alpha value is -3.43. The van der Waals surface area contributed by atoms with Crippen molar-refractivity contribution in [2.75, 3.05) is 18.0 Å². The number of piperazine rings is 1. The monoisotopic (exact) mass is 441 g/mol. The number of aryl methyl sites for hydroxylation is 1. The van der Waals surface area contributed by atoms with E-state index >= 15 is 0 Å². The molecule has 4 rings (SSSR count). The van der Waals surface area contributed by atoms with Crippen LogP contribution in [0, 0.1) is 18.3 Å². The van der Waals surface area contributed by atoms with Crippen LogP contribution < -0.4 is 4.90 Å². The van der Waals surface area contributed by atoms with Crippen LogP contribution >= 0.6 is 0 Å². The van der Waals surface area contributed by atoms with Gasteiger partial charge in [-0.15, -0.1) is 0 Å². The minimum atomic E-state index is 0.148. The number of nitriles is 1. The third-order valence-corrected chi connectivity index (χ3v) is 6.45. The topological polar surface area (TPSA) is 65.2 Å². The van der Waals surface area contributed by atoms with Gasteiger partial charge < -0.3 is 9.47 Å². The molecule has 0 saturated carbocycles. The highest BCUT2D eigenvalue weighted by atomic mass is 16.2. The van der Waals surface area contributed by atoms with Crippen molar-refractivity contribution in [3.63, 3.8) is 0 Å². The molecule has 1 aromatic heterocycles. The first kappa shape index (κ1) is 22.8. The second-order valence-corrected chi connectivity index (χ2v) is 8.81. The fourth-order valence-electron chi connectivity index (χ4n) is 4.53. The lowest BCUT2D eigenvalue weighted by molar-refractivity contribution is -0.122. The fourth-order valence-corrected chi connectivity index (χ4v) is 4.53. The highest BCUT2D eigenvalue weighted by Gasteiger charge is 2.33. The van der Waals surface area contributed by atoms with Crippen LogP contribution in [0.5, 0.6) is 0 Å². The van der Waals surface area contributed by atoms with Gasteiger partial charge in [-0.2, -0.15) is 5.26 Å². The number of anilines is 1. The molecule has 6 nitrogen and oxygen atoms in total. The number of nitrogens with zero attached hydrogens (tertiary/aromatic N) is 5. The lowest BCUT2D eigenvalue weighted by atomic mass is 10.0. The molecule has 6 heteroatoms. The summed E-state index contributed by atoms with van der Waals surface area (Å²) in [5.41, 5.74) is 5.03. The number of aromatic nitrogens is 2. The molecule has 170 valence electrons. The standard InChI is InChI=1S/C27H31N5O/c1-3-4-8-24-18-32(26-9-6-5-7-21(26)2)27(33)19-30(24)17-25-15-29-20-31(25)16-23-12-10-22(14-28)11-13-23/h5-7,9-13,15,20,24H,3-4,8,16-19H2,1-2H3. The van der Waals surface area contributed by atoms with Gasteiger partial charge in [0.1, 0.15) is 0 Å². The molecule has 0 bridgehead atoms. The van der Waals surface area contributed by atoms with Crippen molar-refractivity contribution in [2.24, 2.45) is 0 Å². The Labute approximate surface area is 196 Å². The van der Waals surface area contributed by atoms with E-state index in [1.165, 1.54) is 0 Å². The van der Waals surface area contributed by atoms with Gasteiger partial charge in [-0.1, -0.05) is 50.1 Å². The van der Waals surface area contributed by atoms with Gasteiger partial charge in [0.15, 0.2) is 0 Å². The predicted molar refractivity (Wildman–Crippen MR) is 130 cm³/mol. The Bertz CT molecular complexity index is 1130. The number of para-hydroxylation sites is 1. The predicted octanol–water partition coefficient (Wildman–Crippen LogP) is 4.52. The molecule has 0 aliphatic carbocycles. The summed E-state index contributed by atoms with van der Waals surface area (Å²) in [4.78, 5) is 21.9. The number of carbonyl (C=O) groups is 1. The summed E-state index contributed by atoms with van der Waals surface area (Å²) in [5, 5.41) is 9.02. The number of imidazole rings is 1. The van der Waals surface area contributed by atoms with E-state index in [1.54, 1.807) is 0 Å². The Kier molecular flexibility index (Phi) is 7.21. The summed E-state index contributed by atoms with van der Waals surface area (Å²) in [6.45, 7) is 6.79. The summed E-state index contributed by atoms with van der Waals surface area (Å²) in [6, 6.07) is 18.3. The maximum atomic E-state index is 13.2. The molecule has 0 radical (unpaired) electrons. The van der Waals surface area contributed by atoms with E-state index in [2.05, 4.69) is 40.4 Å². The Morgan fingerprint density at radius 2 is 1.91 bits per heavy atom. The first-order valence-electron chi connectivity index (χ1n) is 11.7. The van der Waals surface area contributed by atoms with Gasteiger partial charge in [0.05, 0.1) is 30.2 Å². The molecule has 3 aromatic rings. The number of benzene rings is 2. The van der Waals surface area contributed by atoms with Gasteiger partial charge in [0, 0.05) is 37.6 Å². The normalized spacial score (nSPS) is 16.7. The van der Waals surface area contributed by atoms with Gasteiger partial charge in [0.25, 0.3) is 0 Å². The average molecular weight is 442 g/mol. The number of amides is 1. The summed E-state index contributed by atoms with van der Waals surface area (Å²) in [7, 11) is 0. The molecule has 2 aromatic carbocycles. The number of hydrogen-bond acceptors (Lipinski definition) is 4. The van der Waals surface area contributed by atoms with Crippen molar-refractivity contribution in [3.8, 4) is 6.07 Å². The molecular formula is C27H31N5O. The van der Waals surface area contributed by atoms with Crippen LogP contribution in [0.3, 0.4) is 0 Å². The van der Waals surface area contributed by atoms with E-state index in [0.29, 0.717) is 37.8 Å². The van der Waals surface area contributed by atoms with Crippen molar-refractivity contribution in [1.29, 1.82) is 5.26 Å². The first-order valence-corrected chi connectivity index (χ1v) is 11.7. The zero-order chi connectivity index (χ0) is 23.2. The van der Waals surface area contributed by atoms with Crippen LogP contribution in [0.15, 0.2) is 61.1 Å². The summed E-state index contributed by atoms with van der Waals surface area (Å²) in [5.74, 6) is 0.148. The SMILES string of the molecule is CCCCC1CN(c2ccccc2C)C(=O)CN1Cc1cncn1Cc1ccc(C#N)cc1. The first-order chi connectivity index (χ1) is 16.1. The van der Waals surface area contributed by atoms with Crippen molar-refractivity contribution in [3.05, 3.63) is 83.4 Å². The highest BCUT2D eigenvalue weighted by Crippen LogP contribution is 2.26. The third kappa shape index (κ3) is 5.32. The van der Waals surface area contributed by atoms with Crippen LogP contribution in [0.1, 0.15) is 48.6 Å². The maximum absolute atomic E-state index is 13.2. The fraction of sp³-hybridized carbons (Fsp3) is 0.370. The molecule has 1 fully saturated rings. The van der Waals surface area contributed by atoms with Crippen molar-refractivity contribution >= 4 is 11.6 Å². The summed E-state index contributed by atoms with van der Waals surface area (Å²) < 4.78 is 2.14. The molecule has 1 aliphatic heterocycles. The third-order valence-electron chi connectivity index (χ3n) is 6.45. The second kappa shape index (κ2) is 10.5. The van der Waals surface area contributed by atoms with Crippen molar-refractivity contribution < 1.29 is 4.79 Å². The molecule has 33 heavy (non-hydrogen) atoms. The largest absolute Gasteiger partial charge is 0.329 e. The van der Waals surface area contributed by atoms with Crippen LogP contribution in [-0.4, -0.2) is 39.5 Å². The van der Waals surface area contributed by atoms with Crippen LogP contribution in [0.25, 0.3) is 0 Å². The molecule has 1 saturated heterocycles. The van der Waals surface area contributed by atoms with E-state index in [-0.39, 0.29) is 5.91 Å². The van der Waals surface area contributed by atoms with Crippen LogP contribution in [0.2, 0.25) is 0 Å². The lowest BCUT2D eigenvalue weighted by Gasteiger charge is -2.41. The average Bonchev–Trinajstić information content (AvgIpc) is 3.26. The smallest absolute Gasteiger partial charge is 0.241 e. The summed E-state index contributed by atoms with van der Waals surface area (Å²) >= 11 is 0. The van der Waals surface area contributed by atoms with E-state index in [0.717, 1.165) is 41.8 Å². The Morgan fingerprint density at radius 3 is 2.64 bits per heavy atom. The van der Waals surface area contributed by atoms with Gasteiger partial charge in [0.2, 0.25) is 5.91 Å². The molecule has 1 atom stereocenters. The number of rotatable bonds is 8. The molecule has 2 heterocycles. The number of carbonyl (C=O) groups excluding carboxylic acids is 1. The molecule has 0 N–H and O–H groups in total. The number of hydrogen-bond donors (Lipinski definition) is 0. The van der Waals surface area contributed by atoms with Gasteiger partial charge in [-0.05, 0) is 42.7 Å². The molecular weight excluding hydrogens is 410 g/mol. The second-order valence-electron chi connectivity index (χ2n) is 8.81. The number of unbranched alkanes of at least 4 members (excludes halogenated alkanes) is 1. The van der Waals surface area contributed by atoms with E-state index in [9.17, 15) is 4.79 Å². The van der Waals surface area contributed by atoms with E-state index in [4.69, 9.17) is 5.26 Å². The molecule has 0 spiro atoms. The van der Waals surface area contributed by atoms with Crippen LogP contribution in [0.4, 0.5) is 5.69 Å². The maximum Gasteiger partial charge on any atom is 0.241 e. The molecule has 1 amide bonds. The van der Waals surface area contributed by atoms with Crippen molar-refractivity contribution in [1.82, 2.24) is 14.5 Å². The van der Waals surface area contributed by atoms with Gasteiger partial charge in [-0.3, -0.25) is 9.69 Å². The van der Waals surface area contributed by atoms with Gasteiger partial charge >= 0.3 is 0 Å². The van der Waals surface area contributed by atoms with Crippen molar-refractivity contribution in [2.45, 2.75) is 52.2 Å². The van der Waals surface area contributed by atoms with Crippen LogP contribution in [-0.2, 0) is 17.9 Å². The molecule has 1 aliphatic rings. The Balaban J connectivity index is 1.51. The van der Waals surface area contributed by atoms with Gasteiger partial charge in [-0.25, -0.2) is 4.98 Å². The zero-order valence-electron chi connectivity index (χ0n) is 19.4. The Morgan fingerprint density at radius 1 is 1.12 bits per heavy atom. The van der Waals surface area contributed by atoms with E-state index in [1.807, 2.05) is 59.9 Å².